The summed E-state index contributed by atoms with van der Waals surface area (Å²) in [5.41, 5.74) is 8.87. The number of hydrogen-bond acceptors (Lipinski definition) is 2. The van der Waals surface area contributed by atoms with Gasteiger partial charge >= 0.3 is 39.3 Å². The van der Waals surface area contributed by atoms with Gasteiger partial charge in [-0.3, -0.25) is 9.98 Å². The molecule has 230 valence electrons. The van der Waals surface area contributed by atoms with Crippen LogP contribution in [0.15, 0.2) is 143 Å². The Labute approximate surface area is 287 Å². The van der Waals surface area contributed by atoms with Crippen LogP contribution in [0, 0.1) is 0 Å². The average Bonchev–Trinajstić information content (AvgIpc) is 3.09. The van der Waals surface area contributed by atoms with E-state index in [2.05, 4.69) is 190 Å². The van der Waals surface area contributed by atoms with E-state index in [0.717, 1.165) is 33.6 Å². The number of nitrogens with zero attached hydrogens (tertiary/aromatic N) is 2. The van der Waals surface area contributed by atoms with Gasteiger partial charge < -0.3 is 0 Å². The van der Waals surface area contributed by atoms with Crippen LogP contribution in [-0.4, -0.2) is 11.4 Å². The summed E-state index contributed by atoms with van der Waals surface area (Å²) in [6, 6.07) is 47.3. The SMILES string of the molecule is CC(=Nc1c(C(C)c2ccccc2)ccc2ccccc12)C(C)=Nc1c(C(C)c2ccccc2)ccc2ccccc12.[Br][Ni][Br]. The number of benzene rings is 6. The first kappa shape index (κ1) is 33.0. The van der Waals surface area contributed by atoms with Crippen molar-refractivity contribution in [3.8, 4) is 0 Å². The predicted octanol–water partition coefficient (Wildman–Crippen LogP) is 12.9. The van der Waals surface area contributed by atoms with Crippen molar-refractivity contribution in [1.82, 2.24) is 0 Å². The van der Waals surface area contributed by atoms with Gasteiger partial charge in [0.05, 0.1) is 22.8 Å². The molecule has 0 aliphatic heterocycles. The first-order valence-corrected chi connectivity index (χ1v) is 19.9. The molecule has 0 aliphatic carbocycles. The molecule has 0 saturated carbocycles. The number of aliphatic imine (C=N–C) groups is 2. The van der Waals surface area contributed by atoms with Crippen LogP contribution in [0.4, 0.5) is 11.4 Å². The molecule has 6 rings (SSSR count). The van der Waals surface area contributed by atoms with Crippen LogP contribution in [0.1, 0.15) is 61.8 Å². The Morgan fingerprint density at radius 3 is 1.20 bits per heavy atom. The van der Waals surface area contributed by atoms with Crippen LogP contribution in [0.2, 0.25) is 0 Å². The topological polar surface area (TPSA) is 24.7 Å². The summed E-state index contributed by atoms with van der Waals surface area (Å²) in [5.74, 6) is 0.409. The summed E-state index contributed by atoms with van der Waals surface area (Å²) in [5, 5.41) is 4.70. The first-order valence-electron chi connectivity index (χ1n) is 15.0. The Balaban J connectivity index is 0.00000128. The zero-order valence-corrected chi connectivity index (χ0v) is 30.0. The van der Waals surface area contributed by atoms with E-state index >= 15 is 0 Å². The van der Waals surface area contributed by atoms with Gasteiger partial charge in [-0.25, -0.2) is 0 Å². The fraction of sp³-hybridized carbons (Fsp3) is 0.150. The molecule has 0 spiro atoms. The fourth-order valence-corrected chi connectivity index (χ4v) is 5.83. The zero-order chi connectivity index (χ0) is 31.8. The number of fused-ring (bicyclic) bond motifs is 2. The molecule has 6 aromatic carbocycles. The van der Waals surface area contributed by atoms with E-state index in [1.165, 1.54) is 43.9 Å². The van der Waals surface area contributed by atoms with E-state index < -0.39 is 0 Å². The molecule has 0 heterocycles. The normalized spacial score (nSPS) is 13.4. The van der Waals surface area contributed by atoms with Gasteiger partial charge in [-0.05, 0) is 46.9 Å². The van der Waals surface area contributed by atoms with Gasteiger partial charge in [-0.15, -0.1) is 0 Å². The van der Waals surface area contributed by atoms with Crippen molar-refractivity contribution in [2.75, 3.05) is 0 Å². The minimum absolute atomic E-state index is 0.205. The van der Waals surface area contributed by atoms with Crippen LogP contribution in [0.25, 0.3) is 21.5 Å². The van der Waals surface area contributed by atoms with Crippen LogP contribution in [-0.2, 0) is 10.9 Å². The minimum atomic E-state index is 0.205. The predicted molar refractivity (Wildman–Crippen MR) is 199 cm³/mol. The van der Waals surface area contributed by atoms with E-state index in [9.17, 15) is 0 Å². The molecule has 2 unspecified atom stereocenters. The summed E-state index contributed by atoms with van der Waals surface area (Å²) in [6.45, 7) is 8.70. The van der Waals surface area contributed by atoms with Crippen molar-refractivity contribution in [3.63, 3.8) is 0 Å². The maximum atomic E-state index is 5.33. The first-order chi connectivity index (χ1) is 21.9. The van der Waals surface area contributed by atoms with E-state index in [1.54, 1.807) is 0 Å². The molecule has 0 bridgehead atoms. The van der Waals surface area contributed by atoms with Gasteiger partial charge in [0.2, 0.25) is 0 Å². The maximum absolute atomic E-state index is 5.33. The third-order valence-electron chi connectivity index (χ3n) is 8.48. The average molecular weight is 763 g/mol. The molecule has 6 aromatic rings. The summed E-state index contributed by atoms with van der Waals surface area (Å²) in [6.07, 6.45) is 0. The molecular formula is C40H36Br2N2Ni. The molecular weight excluding hydrogens is 727 g/mol. The Kier molecular flexibility index (Phi) is 11.6. The summed E-state index contributed by atoms with van der Waals surface area (Å²) in [4.78, 5) is 10.7. The Morgan fingerprint density at radius 1 is 0.489 bits per heavy atom. The van der Waals surface area contributed by atoms with E-state index in [1.807, 2.05) is 0 Å². The molecule has 45 heavy (non-hydrogen) atoms. The third kappa shape index (κ3) is 7.72. The van der Waals surface area contributed by atoms with Crippen molar-refractivity contribution >= 4 is 72.8 Å². The molecule has 0 fully saturated rings. The van der Waals surface area contributed by atoms with Gasteiger partial charge in [-0.2, -0.15) is 0 Å². The van der Waals surface area contributed by atoms with Crippen molar-refractivity contribution in [3.05, 3.63) is 156 Å². The zero-order valence-electron chi connectivity index (χ0n) is 25.8. The molecule has 5 heteroatoms. The standard InChI is InChI=1S/C40H36N2.2BrH.Ni/c1-27(31-15-7-5-8-16-31)35-25-23-33-19-11-13-21-37(33)39(35)41-29(3)30(4)42-40-36(28(2)32-17-9-6-10-18-32)26-24-34-20-12-14-22-38(34)40;;;/h5-28H,1-4H3;2*1H;/q;;;+2/p-2. The Hall–Kier alpha value is -3.37. The van der Waals surface area contributed by atoms with Gasteiger partial charge in [0.15, 0.2) is 0 Å². The van der Waals surface area contributed by atoms with Crippen LogP contribution in [0.3, 0.4) is 0 Å². The van der Waals surface area contributed by atoms with Crippen molar-refractivity contribution in [2.45, 2.75) is 39.5 Å². The summed E-state index contributed by atoms with van der Waals surface area (Å²) in [7, 11) is 1.25. The van der Waals surface area contributed by atoms with E-state index in [4.69, 9.17) is 9.98 Å². The van der Waals surface area contributed by atoms with Gasteiger partial charge in [-0.1, -0.05) is 147 Å². The van der Waals surface area contributed by atoms with E-state index in [0.29, 0.717) is 0 Å². The van der Waals surface area contributed by atoms with E-state index in [-0.39, 0.29) is 11.8 Å². The molecule has 0 aromatic heterocycles. The monoisotopic (exact) mass is 760 g/mol. The van der Waals surface area contributed by atoms with Crippen LogP contribution in [0.5, 0.6) is 0 Å². The number of rotatable bonds is 7. The Bertz CT molecular complexity index is 1810. The second-order valence-corrected chi connectivity index (χ2v) is 16.1. The van der Waals surface area contributed by atoms with Crippen LogP contribution < -0.4 is 0 Å². The quantitative estimate of drug-likeness (QED) is 0.114. The Morgan fingerprint density at radius 2 is 0.822 bits per heavy atom. The van der Waals surface area contributed by atoms with Crippen molar-refractivity contribution in [2.24, 2.45) is 9.98 Å². The van der Waals surface area contributed by atoms with Gasteiger partial charge in [0.1, 0.15) is 0 Å². The molecule has 0 N–H and O–H groups in total. The molecule has 0 radical (unpaired) electrons. The van der Waals surface area contributed by atoms with Crippen LogP contribution >= 0.6 is 28.5 Å². The fourth-order valence-electron chi connectivity index (χ4n) is 5.83. The second-order valence-electron chi connectivity index (χ2n) is 11.2. The van der Waals surface area contributed by atoms with Gasteiger partial charge in [0.25, 0.3) is 0 Å². The van der Waals surface area contributed by atoms with Crippen molar-refractivity contribution < 1.29 is 10.9 Å². The number of halogens is 2. The molecule has 0 aliphatic rings. The molecule has 2 atom stereocenters. The molecule has 2 nitrogen and oxygen atoms in total. The summed E-state index contributed by atoms with van der Waals surface area (Å²) >= 11 is 6.00. The van der Waals surface area contributed by atoms with Crippen molar-refractivity contribution in [1.29, 1.82) is 0 Å². The third-order valence-corrected chi connectivity index (χ3v) is 8.48. The molecule has 0 saturated heterocycles. The second kappa shape index (κ2) is 15.8. The van der Waals surface area contributed by atoms with Gasteiger partial charge in [0, 0.05) is 22.6 Å². The summed E-state index contributed by atoms with van der Waals surface area (Å²) < 4.78 is 0. The number of hydrogen-bond donors (Lipinski definition) is 0. The molecule has 0 amide bonds.